The van der Waals surface area contributed by atoms with E-state index in [1.54, 1.807) is 24.9 Å². The molecule has 0 saturated carbocycles. The van der Waals surface area contributed by atoms with Gasteiger partial charge in [-0.2, -0.15) is 0 Å². The molecule has 0 atom stereocenters. The Labute approximate surface area is 110 Å². The molecule has 0 aromatic carbocycles. The van der Waals surface area contributed by atoms with Crippen LogP contribution in [0.1, 0.15) is 11.4 Å². The van der Waals surface area contributed by atoms with Crippen molar-refractivity contribution in [2.75, 3.05) is 14.1 Å². The molecule has 6 heteroatoms. The standard InChI is InChI=1S/C12H15ClN4O/c1-8-4-9-12(14-6-8)17(10(5-13)15-9)7-11(18)16(2)3/h4,6H,5,7H2,1-3H3. The van der Waals surface area contributed by atoms with Crippen LogP contribution in [0, 0.1) is 6.92 Å². The van der Waals surface area contributed by atoms with Crippen LogP contribution < -0.4 is 0 Å². The minimum atomic E-state index is -0.0111. The van der Waals surface area contributed by atoms with E-state index in [2.05, 4.69) is 9.97 Å². The Bertz CT molecular complexity index is 591. The largest absolute Gasteiger partial charge is 0.347 e. The van der Waals surface area contributed by atoms with Gasteiger partial charge in [-0.1, -0.05) is 0 Å². The number of fused-ring (bicyclic) bond motifs is 1. The predicted octanol–water partition coefficient (Wildman–Crippen LogP) is 1.57. The summed E-state index contributed by atoms with van der Waals surface area (Å²) in [6.07, 6.45) is 1.76. The highest BCUT2D eigenvalue weighted by Crippen LogP contribution is 2.16. The van der Waals surface area contributed by atoms with Gasteiger partial charge in [-0.3, -0.25) is 4.79 Å². The van der Waals surface area contributed by atoms with Crippen LogP contribution in [-0.2, 0) is 17.2 Å². The molecular weight excluding hydrogens is 252 g/mol. The summed E-state index contributed by atoms with van der Waals surface area (Å²) >= 11 is 5.87. The minimum absolute atomic E-state index is 0.0111. The topological polar surface area (TPSA) is 51.0 Å². The number of hydrogen-bond donors (Lipinski definition) is 0. The molecule has 1 amide bonds. The second-order valence-corrected chi connectivity index (χ2v) is 4.66. The van der Waals surface area contributed by atoms with Crippen molar-refractivity contribution in [2.24, 2.45) is 0 Å². The summed E-state index contributed by atoms with van der Waals surface area (Å²) in [5.74, 6) is 0.916. The average molecular weight is 267 g/mol. The summed E-state index contributed by atoms with van der Waals surface area (Å²) in [5.41, 5.74) is 2.51. The first-order valence-corrected chi connectivity index (χ1v) is 6.14. The second-order valence-electron chi connectivity index (χ2n) is 4.39. The fraction of sp³-hybridized carbons (Fsp3) is 0.417. The smallest absolute Gasteiger partial charge is 0.242 e. The normalized spacial score (nSPS) is 10.9. The number of rotatable bonds is 3. The van der Waals surface area contributed by atoms with E-state index in [4.69, 9.17) is 11.6 Å². The van der Waals surface area contributed by atoms with Crippen molar-refractivity contribution in [2.45, 2.75) is 19.3 Å². The van der Waals surface area contributed by atoms with E-state index in [-0.39, 0.29) is 18.3 Å². The third kappa shape index (κ3) is 2.31. The van der Waals surface area contributed by atoms with Gasteiger partial charge in [0.1, 0.15) is 17.9 Å². The Morgan fingerprint density at radius 2 is 2.22 bits per heavy atom. The Morgan fingerprint density at radius 1 is 1.50 bits per heavy atom. The van der Waals surface area contributed by atoms with Crippen LogP contribution in [0.15, 0.2) is 12.3 Å². The molecule has 0 aliphatic carbocycles. The van der Waals surface area contributed by atoms with Gasteiger partial charge >= 0.3 is 0 Å². The molecule has 2 aromatic heterocycles. The minimum Gasteiger partial charge on any atom is -0.347 e. The van der Waals surface area contributed by atoms with E-state index in [0.29, 0.717) is 11.5 Å². The molecule has 0 unspecified atom stereocenters. The molecule has 5 nitrogen and oxygen atoms in total. The van der Waals surface area contributed by atoms with Crippen molar-refractivity contribution in [3.05, 3.63) is 23.7 Å². The van der Waals surface area contributed by atoms with E-state index in [9.17, 15) is 4.79 Å². The number of aryl methyl sites for hydroxylation is 1. The van der Waals surface area contributed by atoms with Crippen molar-refractivity contribution >= 4 is 28.7 Å². The number of alkyl halides is 1. The summed E-state index contributed by atoms with van der Waals surface area (Å²) < 4.78 is 1.77. The molecule has 2 aromatic rings. The van der Waals surface area contributed by atoms with Crippen molar-refractivity contribution in [1.29, 1.82) is 0 Å². The molecule has 0 aliphatic rings. The first-order chi connectivity index (χ1) is 8.52. The first kappa shape index (κ1) is 12.8. The first-order valence-electron chi connectivity index (χ1n) is 5.61. The molecule has 2 rings (SSSR count). The number of imidazole rings is 1. The van der Waals surface area contributed by atoms with Gasteiger partial charge in [0.2, 0.25) is 5.91 Å². The fourth-order valence-corrected chi connectivity index (χ4v) is 1.91. The zero-order chi connectivity index (χ0) is 13.3. The van der Waals surface area contributed by atoms with Crippen LogP contribution in [0.3, 0.4) is 0 Å². The fourth-order valence-electron chi connectivity index (χ4n) is 1.70. The lowest BCUT2D eigenvalue weighted by molar-refractivity contribution is -0.129. The zero-order valence-electron chi connectivity index (χ0n) is 10.6. The number of aromatic nitrogens is 3. The van der Waals surface area contributed by atoms with Crippen molar-refractivity contribution in [3.8, 4) is 0 Å². The van der Waals surface area contributed by atoms with Gasteiger partial charge in [0.15, 0.2) is 5.65 Å². The maximum atomic E-state index is 11.8. The average Bonchev–Trinajstić information content (AvgIpc) is 2.66. The molecule has 0 bridgehead atoms. The van der Waals surface area contributed by atoms with E-state index in [1.807, 2.05) is 13.0 Å². The van der Waals surface area contributed by atoms with E-state index in [1.165, 1.54) is 4.90 Å². The second kappa shape index (κ2) is 4.94. The van der Waals surface area contributed by atoms with Gasteiger partial charge in [-0.05, 0) is 18.6 Å². The molecule has 0 saturated heterocycles. The zero-order valence-corrected chi connectivity index (χ0v) is 11.4. The third-order valence-corrected chi connectivity index (χ3v) is 2.95. The number of hydrogen-bond acceptors (Lipinski definition) is 3. The Balaban J connectivity index is 2.50. The number of likely N-dealkylation sites (N-methyl/N-ethyl adjacent to an activating group) is 1. The van der Waals surface area contributed by atoms with Crippen LogP contribution in [-0.4, -0.2) is 39.4 Å². The summed E-state index contributed by atoms with van der Waals surface area (Å²) in [5, 5.41) is 0. The van der Waals surface area contributed by atoms with Gasteiger partial charge < -0.3 is 9.47 Å². The quantitative estimate of drug-likeness (QED) is 0.793. The van der Waals surface area contributed by atoms with E-state index in [0.717, 1.165) is 11.1 Å². The Hall–Kier alpha value is -1.62. The van der Waals surface area contributed by atoms with Gasteiger partial charge in [0, 0.05) is 20.3 Å². The molecule has 2 heterocycles. The number of pyridine rings is 1. The number of amides is 1. The number of carbonyl (C=O) groups is 1. The van der Waals surface area contributed by atoms with Crippen molar-refractivity contribution in [1.82, 2.24) is 19.4 Å². The Kier molecular flexibility index (Phi) is 3.52. The van der Waals surface area contributed by atoms with Gasteiger partial charge in [-0.25, -0.2) is 9.97 Å². The van der Waals surface area contributed by atoms with Crippen LogP contribution in [0.4, 0.5) is 0 Å². The predicted molar refractivity (Wildman–Crippen MR) is 70.5 cm³/mol. The van der Waals surface area contributed by atoms with Gasteiger partial charge in [0.25, 0.3) is 0 Å². The maximum Gasteiger partial charge on any atom is 0.242 e. The van der Waals surface area contributed by atoms with Crippen LogP contribution in [0.5, 0.6) is 0 Å². The lowest BCUT2D eigenvalue weighted by Gasteiger charge is -2.12. The third-order valence-electron chi connectivity index (χ3n) is 2.71. The van der Waals surface area contributed by atoms with E-state index < -0.39 is 0 Å². The van der Waals surface area contributed by atoms with Gasteiger partial charge in [-0.15, -0.1) is 11.6 Å². The monoisotopic (exact) mass is 266 g/mol. The van der Waals surface area contributed by atoms with Crippen molar-refractivity contribution < 1.29 is 4.79 Å². The highest BCUT2D eigenvalue weighted by atomic mass is 35.5. The maximum absolute atomic E-state index is 11.8. The Morgan fingerprint density at radius 3 is 2.83 bits per heavy atom. The van der Waals surface area contributed by atoms with Gasteiger partial charge in [0.05, 0.1) is 5.88 Å². The SMILES string of the molecule is Cc1cnc2c(c1)nc(CCl)n2CC(=O)N(C)C. The lowest BCUT2D eigenvalue weighted by Crippen LogP contribution is -2.27. The summed E-state index contributed by atoms with van der Waals surface area (Å²) in [7, 11) is 3.44. The van der Waals surface area contributed by atoms with Crippen LogP contribution >= 0.6 is 11.6 Å². The number of carbonyl (C=O) groups excluding carboxylic acids is 1. The highest BCUT2D eigenvalue weighted by molar-refractivity contribution is 6.16. The molecule has 0 aliphatic heterocycles. The van der Waals surface area contributed by atoms with E-state index >= 15 is 0 Å². The van der Waals surface area contributed by atoms with Crippen LogP contribution in [0.2, 0.25) is 0 Å². The molecule has 0 N–H and O–H groups in total. The summed E-state index contributed by atoms with van der Waals surface area (Å²) in [4.78, 5) is 22.1. The number of nitrogens with zero attached hydrogens (tertiary/aromatic N) is 4. The molecular formula is C12H15ClN4O. The lowest BCUT2D eigenvalue weighted by atomic mass is 10.3. The highest BCUT2D eigenvalue weighted by Gasteiger charge is 2.15. The molecule has 96 valence electrons. The summed E-state index contributed by atoms with van der Waals surface area (Å²) in [6.45, 7) is 2.17. The molecule has 0 fully saturated rings. The molecule has 0 radical (unpaired) electrons. The molecule has 18 heavy (non-hydrogen) atoms. The summed E-state index contributed by atoms with van der Waals surface area (Å²) in [6, 6.07) is 1.94. The van der Waals surface area contributed by atoms with Crippen molar-refractivity contribution in [3.63, 3.8) is 0 Å². The number of halogens is 1. The molecule has 0 spiro atoms. The van der Waals surface area contributed by atoms with Crippen LogP contribution in [0.25, 0.3) is 11.2 Å².